The summed E-state index contributed by atoms with van der Waals surface area (Å²) in [6.45, 7) is 4.47. The molecule has 1 aromatic carbocycles. The first kappa shape index (κ1) is 11.9. The smallest absolute Gasteiger partial charge is 0 e. The number of benzene rings is 1. The summed E-state index contributed by atoms with van der Waals surface area (Å²) in [6, 6.07) is 4.58. The molecular weight excluding hydrogens is 335 g/mol. The Morgan fingerprint density at radius 3 is 2.36 bits per heavy atom. The van der Waals surface area contributed by atoms with Crippen LogP contribution in [0.1, 0.15) is 36.1 Å². The Morgan fingerprint density at radius 2 is 1.71 bits per heavy atom. The molecule has 1 heteroatoms. The van der Waals surface area contributed by atoms with Crippen molar-refractivity contribution in [2.24, 2.45) is 0 Å². The van der Waals surface area contributed by atoms with Crippen LogP contribution in [-0.4, -0.2) is 0 Å². The molecule has 0 amide bonds. The van der Waals surface area contributed by atoms with Gasteiger partial charge in [0.25, 0.3) is 0 Å². The van der Waals surface area contributed by atoms with Crippen molar-refractivity contribution in [3.05, 3.63) is 40.5 Å². The number of hydrogen-bond donors (Lipinski definition) is 0. The van der Waals surface area contributed by atoms with E-state index >= 15 is 0 Å². The Morgan fingerprint density at radius 1 is 1.07 bits per heavy atom. The Balaban J connectivity index is 0.000000980. The zero-order chi connectivity index (χ0) is 9.26. The van der Waals surface area contributed by atoms with Gasteiger partial charge < -0.3 is 0 Å². The summed E-state index contributed by atoms with van der Waals surface area (Å²) in [5, 5.41) is 0. The van der Waals surface area contributed by atoms with Crippen LogP contribution in [0.3, 0.4) is 0 Å². The molecule has 0 fully saturated rings. The van der Waals surface area contributed by atoms with Crippen LogP contribution in [0.25, 0.3) is 6.08 Å². The normalized spacial score (nSPS) is 12.4. The van der Waals surface area contributed by atoms with Gasteiger partial charge in [-0.2, -0.15) is 0 Å². The molecule has 0 N–H and O–H groups in total. The maximum absolute atomic E-state index is 2.30. The molecule has 0 aliphatic heterocycles. The summed E-state index contributed by atoms with van der Waals surface area (Å²) in [7, 11) is 0. The Bertz CT molecular complexity index is 350. The van der Waals surface area contributed by atoms with Gasteiger partial charge >= 0.3 is 0 Å². The molecule has 0 saturated heterocycles. The molecule has 0 unspecified atom stereocenters. The Kier molecular flexibility index (Phi) is 4.31. The van der Waals surface area contributed by atoms with Crippen molar-refractivity contribution in [2.45, 2.75) is 33.1 Å². The summed E-state index contributed by atoms with van der Waals surface area (Å²) in [5.41, 5.74) is 6.10. The van der Waals surface area contributed by atoms with E-state index in [0.29, 0.717) is 0 Å². The molecule has 0 spiro atoms. The molecule has 0 saturated carbocycles. The van der Waals surface area contributed by atoms with Crippen LogP contribution in [-0.2, 0) is 45.1 Å². The summed E-state index contributed by atoms with van der Waals surface area (Å²) in [6.07, 6.45) is 8.02. The SMILES string of the molecule is CCc1ccc(CC)c2c1C=CC2.[Hf]. The molecule has 1 aliphatic carbocycles. The van der Waals surface area contributed by atoms with Gasteiger partial charge in [0, 0.05) is 25.8 Å². The van der Waals surface area contributed by atoms with Gasteiger partial charge in [0.1, 0.15) is 0 Å². The first-order chi connectivity index (χ1) is 6.36. The van der Waals surface area contributed by atoms with E-state index in [0.717, 1.165) is 19.3 Å². The molecule has 0 heterocycles. The average Bonchev–Trinajstić information content (AvgIpc) is 2.64. The van der Waals surface area contributed by atoms with Crippen LogP contribution in [0.15, 0.2) is 18.2 Å². The summed E-state index contributed by atoms with van der Waals surface area (Å²) < 4.78 is 0. The minimum Gasteiger partial charge on any atom is -0.0795 e. The largest absolute Gasteiger partial charge is 0.0795 e. The Labute approximate surface area is 105 Å². The maximum atomic E-state index is 2.30. The minimum absolute atomic E-state index is 0. The first-order valence-electron chi connectivity index (χ1n) is 5.17. The van der Waals surface area contributed by atoms with Crippen molar-refractivity contribution in [1.29, 1.82) is 0 Å². The van der Waals surface area contributed by atoms with Crippen molar-refractivity contribution in [3.8, 4) is 0 Å². The minimum atomic E-state index is 0. The second-order valence-electron chi connectivity index (χ2n) is 3.59. The van der Waals surface area contributed by atoms with E-state index in [1.165, 1.54) is 16.7 Å². The van der Waals surface area contributed by atoms with E-state index in [9.17, 15) is 0 Å². The van der Waals surface area contributed by atoms with Gasteiger partial charge in [-0.15, -0.1) is 0 Å². The third-order valence-corrected chi connectivity index (χ3v) is 2.91. The van der Waals surface area contributed by atoms with Gasteiger partial charge in [-0.25, -0.2) is 0 Å². The third-order valence-electron chi connectivity index (χ3n) is 2.91. The fourth-order valence-corrected chi connectivity index (χ4v) is 2.14. The van der Waals surface area contributed by atoms with Crippen molar-refractivity contribution in [2.75, 3.05) is 0 Å². The Hall–Kier alpha value is -0.170. The molecule has 1 aromatic rings. The topological polar surface area (TPSA) is 0 Å². The predicted octanol–water partition coefficient (Wildman–Crippen LogP) is 3.38. The number of fused-ring (bicyclic) bond motifs is 1. The molecular formula is C13H16Hf. The molecule has 0 aromatic heterocycles. The van der Waals surface area contributed by atoms with E-state index in [-0.39, 0.29) is 25.8 Å². The van der Waals surface area contributed by atoms with E-state index in [4.69, 9.17) is 0 Å². The molecule has 1 aliphatic rings. The second-order valence-corrected chi connectivity index (χ2v) is 3.59. The first-order valence-corrected chi connectivity index (χ1v) is 5.17. The van der Waals surface area contributed by atoms with E-state index in [1.807, 2.05) is 0 Å². The zero-order valence-electron chi connectivity index (χ0n) is 8.93. The van der Waals surface area contributed by atoms with Crippen LogP contribution in [0.4, 0.5) is 0 Å². The van der Waals surface area contributed by atoms with Crippen LogP contribution in [0.5, 0.6) is 0 Å². The molecule has 0 nitrogen and oxygen atoms in total. The van der Waals surface area contributed by atoms with E-state index < -0.39 is 0 Å². The van der Waals surface area contributed by atoms with Crippen LogP contribution < -0.4 is 0 Å². The standard InChI is InChI=1S/C13H16.Hf/c1-3-10-8-9-11(4-2)13-7-5-6-12(10)13;/h5-6,8-9H,3-4,7H2,1-2H3;. The fourth-order valence-electron chi connectivity index (χ4n) is 2.14. The number of hydrogen-bond acceptors (Lipinski definition) is 0. The second kappa shape index (κ2) is 5.06. The average molecular weight is 351 g/mol. The monoisotopic (exact) mass is 352 g/mol. The quantitative estimate of drug-likeness (QED) is 0.717. The maximum Gasteiger partial charge on any atom is 0 e. The zero-order valence-corrected chi connectivity index (χ0v) is 12.5. The van der Waals surface area contributed by atoms with Crippen LogP contribution in [0.2, 0.25) is 0 Å². The predicted molar refractivity (Wildman–Crippen MR) is 57.9 cm³/mol. The van der Waals surface area contributed by atoms with Crippen LogP contribution in [0, 0.1) is 0 Å². The van der Waals surface area contributed by atoms with Gasteiger partial charge in [-0.3, -0.25) is 0 Å². The third kappa shape index (κ3) is 1.93. The molecule has 72 valence electrons. The van der Waals surface area contributed by atoms with Crippen molar-refractivity contribution < 1.29 is 25.8 Å². The van der Waals surface area contributed by atoms with Crippen molar-refractivity contribution in [1.82, 2.24) is 0 Å². The van der Waals surface area contributed by atoms with Crippen molar-refractivity contribution in [3.63, 3.8) is 0 Å². The molecule has 14 heavy (non-hydrogen) atoms. The summed E-state index contributed by atoms with van der Waals surface area (Å²) in [5.74, 6) is 0. The van der Waals surface area contributed by atoms with Gasteiger partial charge in [0.05, 0.1) is 0 Å². The van der Waals surface area contributed by atoms with Gasteiger partial charge in [0.2, 0.25) is 0 Å². The van der Waals surface area contributed by atoms with E-state index in [1.54, 1.807) is 5.56 Å². The molecule has 0 radical (unpaired) electrons. The van der Waals surface area contributed by atoms with Crippen LogP contribution >= 0.6 is 0 Å². The number of allylic oxidation sites excluding steroid dienone is 1. The summed E-state index contributed by atoms with van der Waals surface area (Å²) >= 11 is 0. The van der Waals surface area contributed by atoms with E-state index in [2.05, 4.69) is 38.1 Å². The fraction of sp³-hybridized carbons (Fsp3) is 0.385. The van der Waals surface area contributed by atoms with Gasteiger partial charge in [0.15, 0.2) is 0 Å². The summed E-state index contributed by atoms with van der Waals surface area (Å²) in [4.78, 5) is 0. The van der Waals surface area contributed by atoms with Gasteiger partial charge in [-0.1, -0.05) is 38.1 Å². The number of rotatable bonds is 2. The molecule has 2 rings (SSSR count). The number of aryl methyl sites for hydroxylation is 2. The van der Waals surface area contributed by atoms with Crippen molar-refractivity contribution >= 4 is 6.08 Å². The molecule has 0 atom stereocenters. The van der Waals surface area contributed by atoms with Gasteiger partial charge in [-0.05, 0) is 41.5 Å². The molecule has 0 bridgehead atoms.